The van der Waals surface area contributed by atoms with E-state index >= 15 is 0 Å². The summed E-state index contributed by atoms with van der Waals surface area (Å²) >= 11 is 1.40. The lowest BCUT2D eigenvalue weighted by molar-refractivity contribution is 0.409. The highest BCUT2D eigenvalue weighted by atomic mass is 32.1. The second-order valence-corrected chi connectivity index (χ2v) is 3.74. The summed E-state index contributed by atoms with van der Waals surface area (Å²) in [5, 5.41) is 3.78. The van der Waals surface area contributed by atoms with Gasteiger partial charge in [-0.2, -0.15) is 0 Å². The van der Waals surface area contributed by atoms with E-state index in [1.54, 1.807) is 6.20 Å². The molecular weight excluding hydrogens is 170 g/mol. The van der Waals surface area contributed by atoms with Gasteiger partial charge in [0, 0.05) is 6.04 Å². The topological polar surface area (TPSA) is 51.8 Å². The maximum Gasteiger partial charge on any atom is 0.0669 e. The summed E-state index contributed by atoms with van der Waals surface area (Å²) in [5.74, 6) is 0.562. The summed E-state index contributed by atoms with van der Waals surface area (Å²) in [5.41, 5.74) is 6.04. The van der Waals surface area contributed by atoms with E-state index in [2.05, 4.69) is 23.4 Å². The fourth-order valence-electron chi connectivity index (χ4n) is 1.35. The first-order valence-corrected chi connectivity index (χ1v) is 5.09. The molecule has 1 rings (SSSR count). The lowest BCUT2D eigenvalue weighted by Gasteiger charge is -2.18. The van der Waals surface area contributed by atoms with Gasteiger partial charge in [-0.1, -0.05) is 31.2 Å². The molecule has 3 nitrogen and oxygen atoms in total. The quantitative estimate of drug-likeness (QED) is 0.780. The van der Waals surface area contributed by atoms with Gasteiger partial charge in [-0.3, -0.25) is 0 Å². The van der Waals surface area contributed by atoms with E-state index in [0.29, 0.717) is 5.92 Å². The molecule has 1 unspecified atom stereocenters. The highest BCUT2D eigenvalue weighted by Crippen LogP contribution is 2.25. The average molecular weight is 185 g/mol. The first-order chi connectivity index (χ1) is 5.79. The van der Waals surface area contributed by atoms with Crippen LogP contribution in [0.5, 0.6) is 0 Å². The van der Waals surface area contributed by atoms with Crippen LogP contribution in [0.4, 0.5) is 0 Å². The van der Waals surface area contributed by atoms with Crippen LogP contribution in [-0.4, -0.2) is 9.59 Å². The van der Waals surface area contributed by atoms with Crippen molar-refractivity contribution < 1.29 is 0 Å². The molecule has 0 fully saturated rings. The van der Waals surface area contributed by atoms with Crippen molar-refractivity contribution >= 4 is 11.5 Å². The fourth-order valence-corrected chi connectivity index (χ4v) is 1.95. The van der Waals surface area contributed by atoms with E-state index in [1.165, 1.54) is 11.5 Å². The summed E-state index contributed by atoms with van der Waals surface area (Å²) in [6.45, 7) is 4.34. The molecule has 0 aromatic carbocycles. The summed E-state index contributed by atoms with van der Waals surface area (Å²) in [6, 6.07) is 0.125. The fraction of sp³-hybridized carbons (Fsp3) is 0.750. The van der Waals surface area contributed by atoms with Crippen molar-refractivity contribution in [1.82, 2.24) is 9.59 Å². The van der Waals surface area contributed by atoms with Crippen molar-refractivity contribution in [3.63, 3.8) is 0 Å². The van der Waals surface area contributed by atoms with Crippen LogP contribution in [-0.2, 0) is 0 Å². The standard InChI is InChI=1S/C8H15N3S/c1-3-6(4-2)8(9)7-5-10-11-12-7/h5-6,8H,3-4,9H2,1-2H3. The third-order valence-electron chi connectivity index (χ3n) is 2.26. The zero-order valence-electron chi connectivity index (χ0n) is 7.53. The van der Waals surface area contributed by atoms with Crippen LogP contribution in [0.15, 0.2) is 6.20 Å². The Morgan fingerprint density at radius 1 is 1.50 bits per heavy atom. The average Bonchev–Trinajstić information content (AvgIpc) is 2.58. The Labute approximate surface area is 77.2 Å². The van der Waals surface area contributed by atoms with Crippen molar-refractivity contribution in [2.45, 2.75) is 32.7 Å². The molecule has 4 heteroatoms. The smallest absolute Gasteiger partial charge is 0.0669 e. The minimum Gasteiger partial charge on any atom is -0.323 e. The number of rotatable bonds is 4. The zero-order chi connectivity index (χ0) is 8.97. The van der Waals surface area contributed by atoms with Crippen LogP contribution >= 0.6 is 11.5 Å². The molecule has 0 aliphatic heterocycles. The van der Waals surface area contributed by atoms with Crippen molar-refractivity contribution in [2.75, 3.05) is 0 Å². The predicted molar refractivity (Wildman–Crippen MR) is 50.9 cm³/mol. The van der Waals surface area contributed by atoms with Crippen LogP contribution in [0.3, 0.4) is 0 Å². The molecule has 2 N–H and O–H groups in total. The molecule has 0 radical (unpaired) electrons. The van der Waals surface area contributed by atoms with Gasteiger partial charge in [0.2, 0.25) is 0 Å². The molecule has 0 aliphatic carbocycles. The Morgan fingerprint density at radius 2 is 2.17 bits per heavy atom. The molecule has 0 saturated heterocycles. The van der Waals surface area contributed by atoms with E-state index in [-0.39, 0.29) is 6.04 Å². The molecule has 12 heavy (non-hydrogen) atoms. The van der Waals surface area contributed by atoms with E-state index < -0.39 is 0 Å². The summed E-state index contributed by atoms with van der Waals surface area (Å²) in [4.78, 5) is 1.10. The van der Waals surface area contributed by atoms with Crippen molar-refractivity contribution in [3.05, 3.63) is 11.1 Å². The maximum atomic E-state index is 6.04. The van der Waals surface area contributed by atoms with E-state index in [9.17, 15) is 0 Å². The van der Waals surface area contributed by atoms with Gasteiger partial charge < -0.3 is 5.73 Å². The minimum atomic E-state index is 0.125. The largest absolute Gasteiger partial charge is 0.323 e. The number of aromatic nitrogens is 2. The maximum absolute atomic E-state index is 6.04. The number of hydrogen-bond acceptors (Lipinski definition) is 4. The molecule has 0 bridgehead atoms. The molecule has 68 valence electrons. The van der Waals surface area contributed by atoms with Gasteiger partial charge in [0.05, 0.1) is 11.1 Å². The lowest BCUT2D eigenvalue weighted by Crippen LogP contribution is -2.19. The van der Waals surface area contributed by atoms with Gasteiger partial charge in [-0.25, -0.2) is 0 Å². The molecule has 1 heterocycles. The molecule has 1 aromatic rings. The monoisotopic (exact) mass is 185 g/mol. The molecule has 1 atom stereocenters. The van der Waals surface area contributed by atoms with Gasteiger partial charge in [0.25, 0.3) is 0 Å². The summed E-state index contributed by atoms with van der Waals surface area (Å²) in [7, 11) is 0. The van der Waals surface area contributed by atoms with Crippen LogP contribution in [0.25, 0.3) is 0 Å². The molecule has 0 saturated carbocycles. The highest BCUT2D eigenvalue weighted by molar-refractivity contribution is 7.05. The third kappa shape index (κ3) is 2.01. The van der Waals surface area contributed by atoms with Gasteiger partial charge in [-0.05, 0) is 17.5 Å². The zero-order valence-corrected chi connectivity index (χ0v) is 8.34. The molecule has 0 spiro atoms. The van der Waals surface area contributed by atoms with Crippen LogP contribution in [0, 0.1) is 5.92 Å². The Bertz CT molecular complexity index is 206. The van der Waals surface area contributed by atoms with Gasteiger partial charge in [0.1, 0.15) is 0 Å². The van der Waals surface area contributed by atoms with Gasteiger partial charge in [0.15, 0.2) is 0 Å². The Hall–Kier alpha value is -0.480. The predicted octanol–water partition coefficient (Wildman–Crippen LogP) is 1.97. The Morgan fingerprint density at radius 3 is 2.58 bits per heavy atom. The van der Waals surface area contributed by atoms with E-state index in [1.807, 2.05) is 0 Å². The van der Waals surface area contributed by atoms with Gasteiger partial charge in [-0.15, -0.1) is 5.10 Å². The second kappa shape index (κ2) is 4.52. The number of hydrogen-bond donors (Lipinski definition) is 1. The summed E-state index contributed by atoms with van der Waals surface area (Å²) in [6.07, 6.45) is 4.01. The first kappa shape index (κ1) is 9.61. The third-order valence-corrected chi connectivity index (χ3v) is 3.03. The lowest BCUT2D eigenvalue weighted by atomic mass is 9.94. The normalized spacial score (nSPS) is 13.7. The Balaban J connectivity index is 2.63. The highest BCUT2D eigenvalue weighted by Gasteiger charge is 2.17. The number of nitrogens with zero attached hydrogens (tertiary/aromatic N) is 2. The molecular formula is C8H15N3S. The van der Waals surface area contributed by atoms with Crippen LogP contribution in [0.1, 0.15) is 37.6 Å². The minimum absolute atomic E-state index is 0.125. The Kier molecular flexibility index (Phi) is 3.62. The number of nitrogens with two attached hydrogens (primary N) is 1. The molecule has 0 aliphatic rings. The van der Waals surface area contributed by atoms with Crippen molar-refractivity contribution in [3.8, 4) is 0 Å². The first-order valence-electron chi connectivity index (χ1n) is 4.32. The SMILES string of the molecule is CCC(CC)C(N)c1cnns1. The van der Waals surface area contributed by atoms with Crippen molar-refractivity contribution in [1.29, 1.82) is 0 Å². The summed E-state index contributed by atoms with van der Waals surface area (Å²) < 4.78 is 3.81. The molecule has 0 amide bonds. The molecule has 1 aromatic heterocycles. The van der Waals surface area contributed by atoms with Crippen LogP contribution in [0.2, 0.25) is 0 Å². The van der Waals surface area contributed by atoms with Gasteiger partial charge >= 0.3 is 0 Å². The van der Waals surface area contributed by atoms with E-state index in [0.717, 1.165) is 17.7 Å². The van der Waals surface area contributed by atoms with Crippen LogP contribution < -0.4 is 5.73 Å². The second-order valence-electron chi connectivity index (χ2n) is 2.92. The van der Waals surface area contributed by atoms with E-state index in [4.69, 9.17) is 5.73 Å². The van der Waals surface area contributed by atoms with Crippen molar-refractivity contribution in [2.24, 2.45) is 11.7 Å².